The van der Waals surface area contributed by atoms with E-state index < -0.39 is 0 Å². The molecule has 0 aromatic heterocycles. The van der Waals surface area contributed by atoms with Gasteiger partial charge in [-0.05, 0) is 12.8 Å². The Balaban J connectivity index is 3.00. The second kappa shape index (κ2) is 8.04. The summed E-state index contributed by atoms with van der Waals surface area (Å²) >= 11 is 0. The highest BCUT2D eigenvalue weighted by Crippen LogP contribution is 1.99. The van der Waals surface area contributed by atoms with Gasteiger partial charge in [0.2, 0.25) is 6.41 Å². The van der Waals surface area contributed by atoms with Gasteiger partial charge in [0.1, 0.15) is 0 Å². The van der Waals surface area contributed by atoms with Crippen LogP contribution in [0.3, 0.4) is 0 Å². The van der Waals surface area contributed by atoms with Crippen molar-refractivity contribution in [1.29, 1.82) is 0 Å². The Morgan fingerprint density at radius 1 is 1.42 bits per heavy atom. The van der Waals surface area contributed by atoms with Gasteiger partial charge in [0.15, 0.2) is 0 Å². The van der Waals surface area contributed by atoms with Gasteiger partial charge in [0.25, 0.3) is 0 Å². The third-order valence-corrected chi connectivity index (χ3v) is 1.47. The predicted molar refractivity (Wildman–Crippen MR) is 43.5 cm³/mol. The molecule has 0 bridgehead atoms. The van der Waals surface area contributed by atoms with Crippen LogP contribution in [0.25, 0.3) is 0 Å². The molecule has 1 amide bonds. The summed E-state index contributed by atoms with van der Waals surface area (Å²) in [6.07, 6.45) is 3.58. The van der Waals surface area contributed by atoms with Gasteiger partial charge in [-0.15, -0.1) is 0 Å². The molecule has 0 aliphatic heterocycles. The van der Waals surface area contributed by atoms with Gasteiger partial charge in [-0.1, -0.05) is 6.42 Å². The molecule has 0 heterocycles. The second-order valence-corrected chi connectivity index (χ2v) is 2.40. The maximum atomic E-state index is 10.6. The topological polar surface area (TPSA) is 57.5 Å². The number of nitrogens with zero attached hydrogens (tertiary/aromatic N) is 1. The molecule has 4 nitrogen and oxygen atoms in total. The van der Waals surface area contributed by atoms with E-state index in [4.69, 9.17) is 0 Å². The first-order valence-electron chi connectivity index (χ1n) is 3.98. The fraction of sp³-hybridized carbons (Fsp3) is 0.750. The van der Waals surface area contributed by atoms with Crippen LogP contribution in [-0.4, -0.2) is 26.0 Å². The fourth-order valence-electron chi connectivity index (χ4n) is 0.804. The van der Waals surface area contributed by atoms with E-state index in [0.29, 0.717) is 19.4 Å². The monoisotopic (exact) mass is 172 g/mol. The van der Waals surface area contributed by atoms with Crippen LogP contribution in [0, 0.1) is 0 Å². The summed E-state index contributed by atoms with van der Waals surface area (Å²) in [4.78, 5) is 20.4. The number of carbonyl (C=O) groups is 2. The van der Waals surface area contributed by atoms with E-state index in [1.165, 1.54) is 7.11 Å². The third-order valence-electron chi connectivity index (χ3n) is 1.47. The lowest BCUT2D eigenvalue weighted by molar-refractivity contribution is -0.140. The zero-order chi connectivity index (χ0) is 9.23. The third kappa shape index (κ3) is 7.05. The Hall–Kier alpha value is -1.06. The standard InChI is InChI=1S/C8H14NO3/c1-12-8(11)5-3-2-4-6-9-7-10/h7H,2-6H2,1H3. The Bertz CT molecular complexity index is 136. The molecule has 12 heavy (non-hydrogen) atoms. The first-order chi connectivity index (χ1) is 5.81. The highest BCUT2D eigenvalue weighted by atomic mass is 16.5. The molecule has 0 aromatic rings. The highest BCUT2D eigenvalue weighted by Gasteiger charge is 1.98. The predicted octanol–water partition coefficient (Wildman–Crippen LogP) is 0.481. The van der Waals surface area contributed by atoms with Gasteiger partial charge in [-0.2, -0.15) is 0 Å². The molecule has 0 aliphatic rings. The molecule has 0 saturated carbocycles. The normalized spacial score (nSPS) is 9.08. The molecule has 69 valence electrons. The number of amides is 1. The van der Waals surface area contributed by atoms with Crippen LogP contribution in [-0.2, 0) is 14.3 Å². The average Bonchev–Trinajstić information content (AvgIpc) is 2.10. The average molecular weight is 172 g/mol. The maximum Gasteiger partial charge on any atom is 0.305 e. The van der Waals surface area contributed by atoms with Crippen molar-refractivity contribution < 1.29 is 14.3 Å². The maximum absolute atomic E-state index is 10.6. The molecule has 0 spiro atoms. The molecule has 0 aliphatic carbocycles. The summed E-state index contributed by atoms with van der Waals surface area (Å²) in [7, 11) is 1.38. The molecule has 0 aromatic carbocycles. The van der Waals surface area contributed by atoms with Gasteiger partial charge < -0.3 is 4.74 Å². The van der Waals surface area contributed by atoms with Crippen molar-refractivity contribution in [3.63, 3.8) is 0 Å². The van der Waals surface area contributed by atoms with Crippen molar-refractivity contribution in [2.24, 2.45) is 0 Å². The van der Waals surface area contributed by atoms with Crippen LogP contribution in [0.15, 0.2) is 0 Å². The summed E-state index contributed by atoms with van der Waals surface area (Å²) in [5, 5.41) is 3.51. The summed E-state index contributed by atoms with van der Waals surface area (Å²) in [5.74, 6) is -0.178. The zero-order valence-corrected chi connectivity index (χ0v) is 7.28. The van der Waals surface area contributed by atoms with E-state index in [0.717, 1.165) is 19.3 Å². The molecule has 0 unspecified atom stereocenters. The number of hydrogen-bond donors (Lipinski definition) is 0. The van der Waals surface area contributed by atoms with Crippen LogP contribution < -0.4 is 5.32 Å². The first kappa shape index (κ1) is 10.9. The molecule has 0 N–H and O–H groups in total. The number of hydrogen-bond acceptors (Lipinski definition) is 3. The number of carbonyl (C=O) groups excluding carboxylic acids is 2. The molecule has 1 radical (unpaired) electrons. The Morgan fingerprint density at radius 3 is 2.75 bits per heavy atom. The van der Waals surface area contributed by atoms with Crippen molar-refractivity contribution >= 4 is 12.4 Å². The molecule has 0 atom stereocenters. The van der Waals surface area contributed by atoms with E-state index in [2.05, 4.69) is 10.1 Å². The lowest BCUT2D eigenvalue weighted by Crippen LogP contribution is -2.04. The van der Waals surface area contributed by atoms with Gasteiger partial charge in [0, 0.05) is 13.0 Å². The zero-order valence-electron chi connectivity index (χ0n) is 7.28. The van der Waals surface area contributed by atoms with E-state index >= 15 is 0 Å². The number of rotatable bonds is 7. The number of esters is 1. The summed E-state index contributed by atoms with van der Waals surface area (Å²) < 4.78 is 4.46. The second-order valence-electron chi connectivity index (χ2n) is 2.40. The lowest BCUT2D eigenvalue weighted by atomic mass is 10.2. The van der Waals surface area contributed by atoms with E-state index in [1.807, 2.05) is 0 Å². The van der Waals surface area contributed by atoms with Crippen molar-refractivity contribution in [2.75, 3.05) is 13.7 Å². The molecular formula is C8H14NO3. The minimum Gasteiger partial charge on any atom is -0.469 e. The van der Waals surface area contributed by atoms with Gasteiger partial charge >= 0.3 is 5.97 Å². The van der Waals surface area contributed by atoms with Crippen molar-refractivity contribution in [1.82, 2.24) is 5.32 Å². The first-order valence-corrected chi connectivity index (χ1v) is 3.98. The van der Waals surface area contributed by atoms with Crippen LogP contribution in [0.4, 0.5) is 0 Å². The van der Waals surface area contributed by atoms with Gasteiger partial charge in [0.05, 0.1) is 7.11 Å². The Kier molecular flexibility index (Phi) is 7.33. The lowest BCUT2D eigenvalue weighted by Gasteiger charge is -1.98. The van der Waals surface area contributed by atoms with Gasteiger partial charge in [-0.25, -0.2) is 0 Å². The van der Waals surface area contributed by atoms with Crippen molar-refractivity contribution in [3.05, 3.63) is 0 Å². The van der Waals surface area contributed by atoms with Crippen LogP contribution >= 0.6 is 0 Å². The van der Waals surface area contributed by atoms with Crippen LogP contribution in [0.5, 0.6) is 0 Å². The number of unbranched alkanes of at least 4 members (excludes halogenated alkanes) is 2. The quantitative estimate of drug-likeness (QED) is 0.319. The minimum absolute atomic E-state index is 0.178. The summed E-state index contributed by atoms with van der Waals surface area (Å²) in [6.45, 7) is 0.560. The molecule has 0 rings (SSSR count). The SMILES string of the molecule is COC(=O)CCCCC[N]C=O. The summed E-state index contributed by atoms with van der Waals surface area (Å²) in [5.41, 5.74) is 0. The van der Waals surface area contributed by atoms with E-state index in [1.54, 1.807) is 0 Å². The van der Waals surface area contributed by atoms with Gasteiger partial charge in [-0.3, -0.25) is 14.9 Å². The molecule has 0 fully saturated rings. The number of methoxy groups -OCH3 is 1. The smallest absolute Gasteiger partial charge is 0.305 e. The fourth-order valence-corrected chi connectivity index (χ4v) is 0.804. The van der Waals surface area contributed by atoms with Crippen LogP contribution in [0.2, 0.25) is 0 Å². The summed E-state index contributed by atoms with van der Waals surface area (Å²) in [6, 6.07) is 0. The Labute approximate surface area is 72.3 Å². The van der Waals surface area contributed by atoms with Crippen molar-refractivity contribution in [3.8, 4) is 0 Å². The van der Waals surface area contributed by atoms with E-state index in [9.17, 15) is 9.59 Å². The highest BCUT2D eigenvalue weighted by molar-refractivity contribution is 5.68. The van der Waals surface area contributed by atoms with Crippen molar-refractivity contribution in [2.45, 2.75) is 25.7 Å². The largest absolute Gasteiger partial charge is 0.469 e. The molecular weight excluding hydrogens is 158 g/mol. The number of ether oxygens (including phenoxy) is 1. The van der Waals surface area contributed by atoms with Crippen LogP contribution in [0.1, 0.15) is 25.7 Å². The molecule has 0 saturated heterocycles. The minimum atomic E-state index is -0.178. The Morgan fingerprint density at radius 2 is 2.17 bits per heavy atom. The molecule has 4 heteroatoms. The van der Waals surface area contributed by atoms with E-state index in [-0.39, 0.29) is 5.97 Å².